The lowest BCUT2D eigenvalue weighted by atomic mass is 9.73. The summed E-state index contributed by atoms with van der Waals surface area (Å²) in [6.45, 7) is 10.6. The molecule has 7 aliphatic rings. The molecule has 0 aromatic heterocycles. The summed E-state index contributed by atoms with van der Waals surface area (Å²) in [5, 5.41) is 10.9. The number of alkyl halides is 2. The minimum absolute atomic E-state index is 0.0607. The number of carbonyl (C=O) groups excluding carboxylic acids is 2. The third-order valence-corrected chi connectivity index (χ3v) is 12.8. The molecule has 7 fully saturated rings. The second kappa shape index (κ2) is 12.0. The van der Waals surface area contributed by atoms with Crippen molar-refractivity contribution in [2.45, 2.75) is 119 Å². The molecule has 5 saturated heterocycles. The van der Waals surface area contributed by atoms with Crippen molar-refractivity contribution in [1.29, 1.82) is 0 Å². The summed E-state index contributed by atoms with van der Waals surface area (Å²) in [5.74, 6) is 0.190. The second-order valence-electron chi connectivity index (χ2n) is 14.0. The number of piperidine rings is 2. The molecule has 0 radical (unpaired) electrons. The number of amides is 3. The Hall–Kier alpha value is -1.47. The van der Waals surface area contributed by atoms with E-state index in [1.54, 1.807) is 0 Å². The van der Waals surface area contributed by atoms with E-state index in [0.29, 0.717) is 26.1 Å². The Morgan fingerprint density at radius 2 is 1.95 bits per heavy atom. The lowest BCUT2D eigenvalue weighted by molar-refractivity contribution is -0.130. The number of fused-ring (bicyclic) bond motifs is 6. The van der Waals surface area contributed by atoms with Gasteiger partial charge in [-0.3, -0.25) is 15.0 Å². The van der Waals surface area contributed by atoms with E-state index >= 15 is 8.78 Å². The van der Waals surface area contributed by atoms with Gasteiger partial charge in [0.1, 0.15) is 12.3 Å². The number of urea groups is 1. The highest BCUT2D eigenvalue weighted by Crippen LogP contribution is 2.46. The van der Waals surface area contributed by atoms with Crippen LogP contribution in [0.1, 0.15) is 52.4 Å². The van der Waals surface area contributed by atoms with E-state index in [1.165, 1.54) is 6.08 Å². The predicted octanol–water partition coefficient (Wildman–Crippen LogP) is 2.48. The minimum atomic E-state index is -1.26. The van der Waals surface area contributed by atoms with Gasteiger partial charge < -0.3 is 25.2 Å². The fraction of sp³-hybridized carbons (Fsp3) is 0.871. The van der Waals surface area contributed by atoms with Gasteiger partial charge >= 0.3 is 6.03 Å². The average molecular weight is 623 g/mol. The van der Waals surface area contributed by atoms with E-state index in [4.69, 9.17) is 4.74 Å². The first kappa shape index (κ1) is 30.2. The van der Waals surface area contributed by atoms with Crippen LogP contribution in [0.5, 0.6) is 0 Å². The zero-order valence-corrected chi connectivity index (χ0v) is 26.2. The molecule has 9 nitrogen and oxygen atoms in total. The molecule has 13 atom stereocenters. The molecule has 3 N–H and O–H groups in total. The first-order valence-electron chi connectivity index (χ1n) is 16.6. The van der Waals surface area contributed by atoms with E-state index in [0.717, 1.165) is 38.0 Å². The minimum Gasteiger partial charge on any atom is -0.377 e. The van der Waals surface area contributed by atoms with Crippen LogP contribution in [0.15, 0.2) is 12.7 Å². The molecule has 0 spiro atoms. The highest BCUT2D eigenvalue weighted by Gasteiger charge is 2.60. The monoisotopic (exact) mass is 622 g/mol. The fourth-order valence-corrected chi connectivity index (χ4v) is 10.7. The van der Waals surface area contributed by atoms with Crippen LogP contribution in [-0.4, -0.2) is 125 Å². The summed E-state index contributed by atoms with van der Waals surface area (Å²) in [6.07, 6.45) is 1.78. The number of ether oxygens (including phenoxy) is 1. The van der Waals surface area contributed by atoms with Gasteiger partial charge in [0.25, 0.3) is 0 Å². The van der Waals surface area contributed by atoms with Crippen LogP contribution in [0.4, 0.5) is 13.6 Å². The molecule has 2 bridgehead atoms. The summed E-state index contributed by atoms with van der Waals surface area (Å²) in [6, 6.07) is -0.644. The van der Waals surface area contributed by atoms with Gasteiger partial charge in [-0.05, 0) is 57.1 Å². The Kier molecular flexibility index (Phi) is 8.45. The molecule has 7 rings (SSSR count). The van der Waals surface area contributed by atoms with E-state index in [2.05, 4.69) is 41.3 Å². The van der Waals surface area contributed by atoms with Gasteiger partial charge in [0, 0.05) is 60.1 Å². The molecule has 2 saturated carbocycles. The SMILES string of the molecule is C=CC(=O)N1CCN(C2NC(=O)N3C4NC(C(F)CC42)C2C(F)CCCC2OCCSC2CCNC(C(C)C)C23)[C@H]2CC21. The molecule has 0 aromatic carbocycles. The van der Waals surface area contributed by atoms with Gasteiger partial charge in [-0.2, -0.15) is 11.8 Å². The number of halogens is 2. The Bertz CT molecular complexity index is 1090. The average Bonchev–Trinajstić information content (AvgIpc) is 3.79. The number of hydrogen-bond acceptors (Lipinski definition) is 7. The smallest absolute Gasteiger partial charge is 0.320 e. The Balaban J connectivity index is 1.25. The topological polar surface area (TPSA) is 89.2 Å². The van der Waals surface area contributed by atoms with E-state index in [1.807, 2.05) is 21.6 Å². The molecular weight excluding hydrogens is 574 g/mol. The van der Waals surface area contributed by atoms with Crippen LogP contribution in [0.25, 0.3) is 0 Å². The normalized spacial score (nSPS) is 46.8. The van der Waals surface area contributed by atoms with Crippen molar-refractivity contribution < 1.29 is 23.1 Å². The van der Waals surface area contributed by atoms with Crippen LogP contribution in [-0.2, 0) is 9.53 Å². The first-order chi connectivity index (χ1) is 20.8. The third-order valence-electron chi connectivity index (χ3n) is 11.4. The summed E-state index contributed by atoms with van der Waals surface area (Å²) < 4.78 is 38.6. The van der Waals surface area contributed by atoms with Crippen LogP contribution < -0.4 is 16.0 Å². The second-order valence-corrected chi connectivity index (χ2v) is 15.4. The van der Waals surface area contributed by atoms with Crippen molar-refractivity contribution in [3.63, 3.8) is 0 Å². The molecule has 5 aliphatic heterocycles. The summed E-state index contributed by atoms with van der Waals surface area (Å²) in [5.41, 5.74) is 0. The molecule has 240 valence electrons. The Labute approximate surface area is 258 Å². The number of thioether (sulfide) groups is 1. The van der Waals surface area contributed by atoms with Crippen molar-refractivity contribution in [3.05, 3.63) is 12.7 Å². The van der Waals surface area contributed by atoms with Crippen LogP contribution in [0.3, 0.4) is 0 Å². The molecule has 12 unspecified atom stereocenters. The highest BCUT2D eigenvalue weighted by molar-refractivity contribution is 8.00. The predicted molar refractivity (Wildman–Crippen MR) is 162 cm³/mol. The molecular formula is C31H48F2N6O3S. The van der Waals surface area contributed by atoms with Crippen molar-refractivity contribution in [2.24, 2.45) is 17.8 Å². The van der Waals surface area contributed by atoms with Gasteiger partial charge in [0.15, 0.2) is 0 Å². The van der Waals surface area contributed by atoms with Crippen LogP contribution >= 0.6 is 11.8 Å². The lowest BCUT2D eigenvalue weighted by Gasteiger charge is -2.59. The van der Waals surface area contributed by atoms with Crippen molar-refractivity contribution in [2.75, 3.05) is 32.0 Å². The van der Waals surface area contributed by atoms with Crippen molar-refractivity contribution >= 4 is 23.7 Å². The Morgan fingerprint density at radius 1 is 1.12 bits per heavy atom. The van der Waals surface area contributed by atoms with Crippen molar-refractivity contribution in [1.82, 2.24) is 30.7 Å². The maximum absolute atomic E-state index is 16.5. The number of nitrogens with zero attached hydrogens (tertiary/aromatic N) is 3. The van der Waals surface area contributed by atoms with Gasteiger partial charge in [0.2, 0.25) is 5.91 Å². The molecule has 2 aliphatic carbocycles. The van der Waals surface area contributed by atoms with E-state index in [-0.39, 0.29) is 71.9 Å². The number of hydrogen-bond donors (Lipinski definition) is 3. The molecule has 43 heavy (non-hydrogen) atoms. The zero-order valence-electron chi connectivity index (χ0n) is 25.4. The largest absolute Gasteiger partial charge is 0.377 e. The number of nitrogens with one attached hydrogen (secondary N) is 3. The molecule has 0 aromatic rings. The molecule has 12 heteroatoms. The van der Waals surface area contributed by atoms with Crippen molar-refractivity contribution in [3.8, 4) is 0 Å². The van der Waals surface area contributed by atoms with Gasteiger partial charge in [-0.25, -0.2) is 13.6 Å². The van der Waals surface area contributed by atoms with Gasteiger partial charge in [-0.1, -0.05) is 20.4 Å². The highest BCUT2D eigenvalue weighted by atomic mass is 32.2. The molecule has 5 heterocycles. The standard InChI is InChI=1S/C31H48F2N6O3S/c1-4-24(40)37-10-11-38(21-15-20(21)37)29-17-14-19(33)27-25-18(32)6-5-7-22(25)42-12-13-43-23-8-9-34-26(16(2)3)28(23)39(30(17)35-27)31(41)36-29/h4,16-23,25-30,34-35H,1,5-15H2,2-3H3,(H,36,41)/t17?,18?,19?,20?,21-,22?,23?,25?,26?,27?,28?,29?,30?/m0/s1. The zero-order chi connectivity index (χ0) is 30.0. The molecule has 3 amide bonds. The number of rotatable bonds is 3. The first-order valence-corrected chi connectivity index (χ1v) is 17.6. The van der Waals surface area contributed by atoms with Gasteiger partial charge in [0.05, 0.1) is 31.1 Å². The lowest BCUT2D eigenvalue weighted by Crippen LogP contribution is -2.80. The summed E-state index contributed by atoms with van der Waals surface area (Å²) in [7, 11) is 0. The quantitative estimate of drug-likeness (QED) is 0.417. The summed E-state index contributed by atoms with van der Waals surface area (Å²) in [4.78, 5) is 33.0. The van der Waals surface area contributed by atoms with Crippen LogP contribution in [0, 0.1) is 17.8 Å². The van der Waals surface area contributed by atoms with Gasteiger partial charge in [-0.15, -0.1) is 0 Å². The Morgan fingerprint density at radius 3 is 2.74 bits per heavy atom. The van der Waals surface area contributed by atoms with Crippen LogP contribution in [0.2, 0.25) is 0 Å². The third kappa shape index (κ3) is 5.30. The number of carbonyl (C=O) groups is 2. The maximum Gasteiger partial charge on any atom is 0.320 e. The maximum atomic E-state index is 16.5. The summed E-state index contributed by atoms with van der Waals surface area (Å²) >= 11 is 1.86. The van der Waals surface area contributed by atoms with E-state index < -0.39 is 30.5 Å². The van der Waals surface area contributed by atoms with E-state index in [9.17, 15) is 9.59 Å². The number of piperazine rings is 1. The fourth-order valence-electron chi connectivity index (χ4n) is 9.40.